The van der Waals surface area contributed by atoms with Gasteiger partial charge in [-0.1, -0.05) is 36.4 Å². The molecule has 2 N–H and O–H groups in total. The molecule has 0 saturated heterocycles. The molecule has 2 aromatic carbocycles. The summed E-state index contributed by atoms with van der Waals surface area (Å²) in [5.74, 6) is -3.83. The number of aryl methyl sites for hydroxylation is 1. The van der Waals surface area contributed by atoms with Crippen LogP contribution in [-0.2, 0) is 17.4 Å². The van der Waals surface area contributed by atoms with Gasteiger partial charge in [0, 0.05) is 19.2 Å². The zero-order chi connectivity index (χ0) is 33.1. The van der Waals surface area contributed by atoms with Crippen molar-refractivity contribution >= 4 is 26.4 Å². The number of carboxylic acid groups (broad SMARTS) is 1. The highest BCUT2D eigenvalue weighted by molar-refractivity contribution is 7.27. The minimum absolute atomic E-state index is 0.151. The van der Waals surface area contributed by atoms with Crippen LogP contribution in [0.4, 0.5) is 43.9 Å². The van der Waals surface area contributed by atoms with Crippen molar-refractivity contribution in [2.45, 2.75) is 31.9 Å². The molecule has 1 atom stereocenters. The van der Waals surface area contributed by atoms with Crippen LogP contribution in [0.15, 0.2) is 71.6 Å². The first-order valence-corrected chi connectivity index (χ1v) is 12.4. The van der Waals surface area contributed by atoms with Crippen molar-refractivity contribution in [3.8, 4) is 0 Å². The molecule has 2 aromatic rings. The van der Waals surface area contributed by atoms with Gasteiger partial charge in [-0.05, 0) is 41.6 Å². The van der Waals surface area contributed by atoms with Crippen LogP contribution in [-0.4, -0.2) is 47.8 Å². The molecule has 5 nitrogen and oxygen atoms in total. The number of hydrogen-bond acceptors (Lipinski definition) is 3. The molecule has 0 radical (unpaired) electrons. The second-order valence-electron chi connectivity index (χ2n) is 9.09. The summed E-state index contributed by atoms with van der Waals surface area (Å²) in [7, 11) is 2.87. The minimum atomic E-state index is -4.90. The van der Waals surface area contributed by atoms with Crippen LogP contribution < -0.4 is 10.6 Å². The van der Waals surface area contributed by atoms with E-state index in [1.165, 1.54) is 0 Å². The highest BCUT2D eigenvalue weighted by Gasteiger charge is 2.45. The first-order chi connectivity index (χ1) is 19.5. The fraction of sp³-hybridized carbons (Fsp3) is 0.259. The number of rotatable bonds is 5. The fourth-order valence-corrected chi connectivity index (χ4v) is 4.30. The van der Waals surface area contributed by atoms with E-state index in [1.54, 1.807) is 31.2 Å². The molecule has 1 amide bonds. The van der Waals surface area contributed by atoms with E-state index in [1.807, 2.05) is 14.6 Å². The number of nitrogens with one attached hydrogen (secondary N) is 1. The Labute approximate surface area is 240 Å². The normalized spacial score (nSPS) is 14.2. The number of amides is 1. The van der Waals surface area contributed by atoms with Crippen LogP contribution in [0, 0.1) is 12.7 Å². The van der Waals surface area contributed by atoms with E-state index in [-0.39, 0.29) is 35.1 Å². The molecule has 0 bridgehead atoms. The fourth-order valence-electron chi connectivity index (χ4n) is 3.85. The highest BCUT2D eigenvalue weighted by atomic mass is 31.0. The first-order valence-electron chi connectivity index (χ1n) is 11.8. The number of allylic oxidation sites excluding steroid dienone is 4. The van der Waals surface area contributed by atoms with Crippen LogP contribution in [0.3, 0.4) is 0 Å². The van der Waals surface area contributed by atoms with Crippen molar-refractivity contribution in [1.82, 2.24) is 10.2 Å². The van der Waals surface area contributed by atoms with Gasteiger partial charge in [-0.3, -0.25) is 9.59 Å². The van der Waals surface area contributed by atoms with Crippen molar-refractivity contribution in [1.29, 1.82) is 0 Å². The van der Waals surface area contributed by atoms with Gasteiger partial charge in [0.2, 0.25) is 0 Å². The molecule has 0 spiro atoms. The van der Waals surface area contributed by atoms with Crippen molar-refractivity contribution in [3.63, 3.8) is 0 Å². The third-order valence-corrected chi connectivity index (χ3v) is 6.31. The van der Waals surface area contributed by atoms with Gasteiger partial charge in [0.1, 0.15) is 18.1 Å². The van der Waals surface area contributed by atoms with E-state index in [4.69, 9.17) is 5.11 Å². The number of alkyl halides is 9. The van der Waals surface area contributed by atoms with Crippen molar-refractivity contribution in [2.24, 2.45) is 0 Å². The average molecular weight is 644 g/mol. The summed E-state index contributed by atoms with van der Waals surface area (Å²) in [6.45, 7) is 4.47. The first kappa shape index (κ1) is 35.3. The Morgan fingerprint density at radius 1 is 0.977 bits per heavy atom. The van der Waals surface area contributed by atoms with Crippen molar-refractivity contribution in [2.75, 3.05) is 13.6 Å². The van der Waals surface area contributed by atoms with E-state index in [2.05, 4.69) is 6.58 Å². The predicted molar refractivity (Wildman–Crippen MR) is 140 cm³/mol. The Balaban J connectivity index is 0.000000309. The number of likely N-dealkylation sites (N-methyl/N-ethyl adjacent to an activating group) is 1. The lowest BCUT2D eigenvalue weighted by molar-refractivity contribution is -0.138. The lowest BCUT2D eigenvalue weighted by Crippen LogP contribution is -2.34. The van der Waals surface area contributed by atoms with Gasteiger partial charge >= 0.3 is 24.5 Å². The number of carboxylic acids is 1. The van der Waals surface area contributed by atoms with Gasteiger partial charge in [-0.2, -0.15) is 39.5 Å². The number of halogens is 10. The van der Waals surface area contributed by atoms with Gasteiger partial charge in [-0.25, -0.2) is 4.39 Å². The van der Waals surface area contributed by atoms with E-state index in [0.29, 0.717) is 16.5 Å². The molecule has 16 heteroatoms. The summed E-state index contributed by atoms with van der Waals surface area (Å²) >= 11 is 0. The smallest absolute Gasteiger partial charge is 0.431 e. The largest absolute Gasteiger partial charge is 0.480 e. The molecule has 1 aliphatic heterocycles. The second-order valence-corrected chi connectivity index (χ2v) is 9.71. The Kier molecular flexibility index (Phi) is 10.8. The van der Waals surface area contributed by atoms with Crippen molar-refractivity contribution in [3.05, 3.63) is 99.7 Å². The summed E-state index contributed by atoms with van der Waals surface area (Å²) in [6.07, 6.45) is -14.5. The Morgan fingerprint density at radius 3 is 2.05 bits per heavy atom. The van der Waals surface area contributed by atoms with Crippen LogP contribution in [0.5, 0.6) is 0 Å². The summed E-state index contributed by atoms with van der Waals surface area (Å²) in [5, 5.41) is 9.89. The molecular weight excluding hydrogens is 621 g/mol. The molecule has 1 heterocycles. The monoisotopic (exact) mass is 644 g/mol. The third-order valence-electron chi connectivity index (χ3n) is 5.86. The van der Waals surface area contributed by atoms with Crippen LogP contribution in [0.25, 0.3) is 0 Å². The third kappa shape index (κ3) is 9.31. The molecule has 0 aromatic heterocycles. The SMILES string of the molecule is C=C1C(Cc2cccc(C)c2)=C(C(F)(F)F)C=C(C(F)(F)F)N1C.O=C(O)CNC(=O)c1c(F)cc(C(F)(F)F)cc1P. The van der Waals surface area contributed by atoms with Gasteiger partial charge in [-0.15, -0.1) is 9.24 Å². The minimum Gasteiger partial charge on any atom is -0.480 e. The zero-order valence-electron chi connectivity index (χ0n) is 22.2. The predicted octanol–water partition coefficient (Wildman–Crippen LogP) is 6.46. The number of carbonyl (C=O) groups is 2. The number of nitrogens with zero attached hydrogens (tertiary/aromatic N) is 1. The number of benzene rings is 2. The summed E-state index contributed by atoms with van der Waals surface area (Å²) in [4.78, 5) is 22.3. The summed E-state index contributed by atoms with van der Waals surface area (Å²) in [6, 6.07) is 7.56. The maximum atomic E-state index is 13.5. The van der Waals surface area contributed by atoms with Gasteiger partial charge in [0.15, 0.2) is 0 Å². The maximum absolute atomic E-state index is 13.5. The van der Waals surface area contributed by atoms with Crippen LogP contribution >= 0.6 is 9.24 Å². The standard InChI is InChI=1S/C17H15F6N.C10H8F4NO3P/c1-10-5-4-6-12(7-10)8-13-11(2)24(3)15(17(21,22)23)9-14(13)16(18,19)20;11-5-1-4(10(12,13)14)2-6(19)8(5)9(18)15-3-7(16)17/h4-7,9H,2,8H2,1,3H3;1-2H,3,19H2,(H,15,18)(H,16,17). The molecule has 3 rings (SSSR count). The second kappa shape index (κ2) is 13.2. The highest BCUT2D eigenvalue weighted by Crippen LogP contribution is 2.43. The molecule has 0 aliphatic carbocycles. The van der Waals surface area contributed by atoms with Crippen molar-refractivity contribution < 1.29 is 58.6 Å². The Hall–Kier alpha value is -3.87. The number of carbonyl (C=O) groups excluding carboxylic acids is 1. The topological polar surface area (TPSA) is 69.6 Å². The van der Waals surface area contributed by atoms with E-state index in [9.17, 15) is 53.5 Å². The molecule has 0 fully saturated rings. The van der Waals surface area contributed by atoms with Gasteiger partial charge in [0.05, 0.1) is 16.7 Å². The molecule has 234 valence electrons. The molecule has 1 aliphatic rings. The number of aliphatic carboxylic acids is 1. The quantitative estimate of drug-likeness (QED) is 0.290. The lowest BCUT2D eigenvalue weighted by Gasteiger charge is -2.33. The van der Waals surface area contributed by atoms with Gasteiger partial charge in [0.25, 0.3) is 5.91 Å². The Bertz CT molecular complexity index is 1450. The molecule has 0 saturated carbocycles. The molecular formula is C27H23F10N2O3P. The van der Waals surface area contributed by atoms with E-state index < -0.39 is 65.2 Å². The Morgan fingerprint density at radius 2 is 1.58 bits per heavy atom. The van der Waals surface area contributed by atoms with Crippen LogP contribution in [0.2, 0.25) is 0 Å². The number of hydrogen-bond donors (Lipinski definition) is 2. The van der Waals surface area contributed by atoms with E-state index in [0.717, 1.165) is 12.6 Å². The molecule has 43 heavy (non-hydrogen) atoms. The average Bonchev–Trinajstić information content (AvgIpc) is 2.83. The van der Waals surface area contributed by atoms with E-state index >= 15 is 0 Å². The van der Waals surface area contributed by atoms with Gasteiger partial charge < -0.3 is 15.3 Å². The summed E-state index contributed by atoms with van der Waals surface area (Å²) in [5.41, 5.74) is -3.70. The maximum Gasteiger partial charge on any atom is 0.431 e. The van der Waals surface area contributed by atoms with Crippen LogP contribution in [0.1, 0.15) is 27.0 Å². The lowest BCUT2D eigenvalue weighted by atomic mass is 9.92. The molecule has 1 unspecified atom stereocenters. The zero-order valence-corrected chi connectivity index (χ0v) is 23.4. The summed E-state index contributed by atoms with van der Waals surface area (Å²) < 4.78 is 130.